The van der Waals surface area contributed by atoms with Crippen molar-refractivity contribution in [3.63, 3.8) is 0 Å². The third-order valence-electron chi connectivity index (χ3n) is 3.66. The fourth-order valence-electron chi connectivity index (χ4n) is 2.30. The van der Waals surface area contributed by atoms with Crippen molar-refractivity contribution >= 4 is 11.8 Å². The van der Waals surface area contributed by atoms with Crippen molar-refractivity contribution in [1.29, 1.82) is 0 Å². The summed E-state index contributed by atoms with van der Waals surface area (Å²) in [5.74, 6) is 0. The molecule has 0 aromatic heterocycles. The quantitative estimate of drug-likeness (QED) is 0.381. The van der Waals surface area contributed by atoms with Crippen molar-refractivity contribution < 1.29 is 19.7 Å². The van der Waals surface area contributed by atoms with Crippen LogP contribution in [0.1, 0.15) is 23.7 Å². The van der Waals surface area contributed by atoms with Crippen molar-refractivity contribution in [2.24, 2.45) is 5.11 Å². The SMILES string of the molecule is [N-]=[N+]=Nc1cccc(C(O)C(O)CCNC(=O)OCc2ccccc2)c1. The van der Waals surface area contributed by atoms with E-state index in [1.807, 2.05) is 30.3 Å². The fourth-order valence-corrected chi connectivity index (χ4v) is 2.30. The van der Waals surface area contributed by atoms with Crippen LogP contribution < -0.4 is 5.32 Å². The molecule has 8 heteroatoms. The smallest absolute Gasteiger partial charge is 0.407 e. The first kappa shape index (κ1) is 19.3. The van der Waals surface area contributed by atoms with Crippen LogP contribution in [0.2, 0.25) is 0 Å². The van der Waals surface area contributed by atoms with Gasteiger partial charge in [0.05, 0.1) is 6.10 Å². The molecule has 8 nitrogen and oxygen atoms in total. The van der Waals surface area contributed by atoms with Crippen LogP contribution in [-0.4, -0.2) is 29.0 Å². The van der Waals surface area contributed by atoms with Crippen LogP contribution in [0.4, 0.5) is 10.5 Å². The van der Waals surface area contributed by atoms with Crippen LogP contribution >= 0.6 is 0 Å². The van der Waals surface area contributed by atoms with Gasteiger partial charge >= 0.3 is 6.09 Å². The predicted octanol–water partition coefficient (Wildman–Crippen LogP) is 3.34. The van der Waals surface area contributed by atoms with Gasteiger partial charge in [-0.05, 0) is 29.1 Å². The van der Waals surface area contributed by atoms with Gasteiger partial charge in [0.1, 0.15) is 12.7 Å². The van der Waals surface area contributed by atoms with Crippen LogP contribution in [0.15, 0.2) is 59.7 Å². The Morgan fingerprint density at radius 3 is 2.69 bits per heavy atom. The summed E-state index contributed by atoms with van der Waals surface area (Å²) in [7, 11) is 0. The van der Waals surface area contributed by atoms with E-state index in [0.29, 0.717) is 11.3 Å². The molecular formula is C18H20N4O4. The van der Waals surface area contributed by atoms with Crippen molar-refractivity contribution in [1.82, 2.24) is 5.32 Å². The molecule has 0 aliphatic carbocycles. The molecule has 0 bridgehead atoms. The molecule has 0 fully saturated rings. The molecule has 26 heavy (non-hydrogen) atoms. The largest absolute Gasteiger partial charge is 0.445 e. The van der Waals surface area contributed by atoms with Gasteiger partial charge in [0.25, 0.3) is 0 Å². The maximum absolute atomic E-state index is 11.6. The number of aliphatic hydroxyl groups excluding tert-OH is 2. The number of carbonyl (C=O) groups is 1. The van der Waals surface area contributed by atoms with Gasteiger partial charge in [-0.1, -0.05) is 53.6 Å². The lowest BCUT2D eigenvalue weighted by Crippen LogP contribution is -2.29. The maximum Gasteiger partial charge on any atom is 0.407 e. The second-order valence-corrected chi connectivity index (χ2v) is 5.57. The van der Waals surface area contributed by atoms with Gasteiger partial charge in [-0.3, -0.25) is 0 Å². The van der Waals surface area contributed by atoms with Crippen LogP contribution in [0.3, 0.4) is 0 Å². The zero-order chi connectivity index (χ0) is 18.8. The Morgan fingerprint density at radius 2 is 1.96 bits per heavy atom. The number of rotatable bonds is 8. The van der Waals surface area contributed by atoms with Crippen molar-refractivity contribution in [3.05, 3.63) is 76.2 Å². The number of ether oxygens (including phenoxy) is 1. The average molecular weight is 356 g/mol. The minimum absolute atomic E-state index is 0.132. The first-order chi connectivity index (χ1) is 12.6. The minimum atomic E-state index is -1.16. The highest BCUT2D eigenvalue weighted by Crippen LogP contribution is 2.23. The molecule has 136 valence electrons. The number of benzene rings is 2. The first-order valence-electron chi connectivity index (χ1n) is 8.06. The van der Waals surface area contributed by atoms with Crippen LogP contribution in [0, 0.1) is 0 Å². The summed E-state index contributed by atoms with van der Waals surface area (Å²) in [6.07, 6.45) is -2.72. The number of alkyl carbamates (subject to hydrolysis) is 1. The van der Waals surface area contributed by atoms with E-state index in [0.717, 1.165) is 5.56 Å². The molecule has 0 radical (unpaired) electrons. The Hall–Kier alpha value is -3.06. The normalized spacial score (nSPS) is 12.5. The number of aliphatic hydroxyl groups is 2. The van der Waals surface area contributed by atoms with Gasteiger partial charge in [-0.15, -0.1) is 0 Å². The number of nitrogens with one attached hydrogen (secondary N) is 1. The molecule has 0 aliphatic heterocycles. The van der Waals surface area contributed by atoms with E-state index in [2.05, 4.69) is 15.3 Å². The number of nitrogens with zero attached hydrogens (tertiary/aromatic N) is 3. The van der Waals surface area contributed by atoms with E-state index in [4.69, 9.17) is 10.3 Å². The number of hydrogen-bond donors (Lipinski definition) is 3. The standard InChI is InChI=1S/C18H20N4O4/c19-22-21-15-8-4-7-14(11-15)17(24)16(23)9-10-20-18(25)26-12-13-5-2-1-3-6-13/h1-8,11,16-17,23-24H,9-10,12H2,(H,20,25). The Balaban J connectivity index is 1.75. The van der Waals surface area contributed by atoms with Crippen LogP contribution in [-0.2, 0) is 11.3 Å². The van der Waals surface area contributed by atoms with Gasteiger partial charge in [-0.25, -0.2) is 4.79 Å². The summed E-state index contributed by atoms with van der Waals surface area (Å²) in [5.41, 5.74) is 10.1. The molecule has 0 heterocycles. The number of azide groups is 1. The Morgan fingerprint density at radius 1 is 1.19 bits per heavy atom. The minimum Gasteiger partial charge on any atom is -0.445 e. The molecule has 1 amide bonds. The third-order valence-corrected chi connectivity index (χ3v) is 3.66. The molecule has 2 rings (SSSR count). The highest BCUT2D eigenvalue weighted by atomic mass is 16.5. The molecular weight excluding hydrogens is 336 g/mol. The highest BCUT2D eigenvalue weighted by molar-refractivity contribution is 5.67. The molecule has 3 N–H and O–H groups in total. The summed E-state index contributed by atoms with van der Waals surface area (Å²) < 4.78 is 5.06. The van der Waals surface area contributed by atoms with E-state index in [1.165, 1.54) is 6.07 Å². The van der Waals surface area contributed by atoms with Crippen LogP contribution in [0.5, 0.6) is 0 Å². The van der Waals surface area contributed by atoms with Crippen molar-refractivity contribution in [3.8, 4) is 0 Å². The van der Waals surface area contributed by atoms with E-state index in [9.17, 15) is 15.0 Å². The lowest BCUT2D eigenvalue weighted by molar-refractivity contribution is 0.0136. The predicted molar refractivity (Wildman–Crippen MR) is 95.5 cm³/mol. The maximum atomic E-state index is 11.6. The molecule has 0 aliphatic rings. The Kier molecular flexibility index (Phi) is 7.45. The number of carbonyl (C=O) groups excluding carboxylic acids is 1. The summed E-state index contributed by atoms with van der Waals surface area (Å²) in [6.45, 7) is 0.298. The molecule has 2 unspecified atom stereocenters. The Labute approximate surface area is 150 Å². The zero-order valence-electron chi connectivity index (χ0n) is 14.0. The third kappa shape index (κ3) is 6.10. The molecule has 2 aromatic carbocycles. The lowest BCUT2D eigenvalue weighted by Gasteiger charge is -2.18. The van der Waals surface area contributed by atoms with Crippen molar-refractivity contribution in [2.45, 2.75) is 25.2 Å². The molecule has 2 atom stereocenters. The average Bonchev–Trinajstić information content (AvgIpc) is 2.67. The van der Waals surface area contributed by atoms with E-state index >= 15 is 0 Å². The summed E-state index contributed by atoms with van der Waals surface area (Å²) in [5, 5.41) is 26.2. The summed E-state index contributed by atoms with van der Waals surface area (Å²) in [6, 6.07) is 15.6. The van der Waals surface area contributed by atoms with Gasteiger partial charge in [0.15, 0.2) is 0 Å². The van der Waals surface area contributed by atoms with Gasteiger partial charge in [0.2, 0.25) is 0 Å². The van der Waals surface area contributed by atoms with E-state index < -0.39 is 18.3 Å². The van der Waals surface area contributed by atoms with E-state index in [-0.39, 0.29) is 19.6 Å². The van der Waals surface area contributed by atoms with Crippen molar-refractivity contribution in [2.75, 3.05) is 6.54 Å². The van der Waals surface area contributed by atoms with Gasteiger partial charge < -0.3 is 20.3 Å². The fraction of sp³-hybridized carbons (Fsp3) is 0.278. The van der Waals surface area contributed by atoms with E-state index in [1.54, 1.807) is 18.2 Å². The second-order valence-electron chi connectivity index (χ2n) is 5.57. The summed E-state index contributed by atoms with van der Waals surface area (Å²) >= 11 is 0. The number of hydrogen-bond acceptors (Lipinski definition) is 5. The molecule has 0 saturated heterocycles. The number of amides is 1. The molecule has 0 saturated carbocycles. The Bertz CT molecular complexity index is 763. The van der Waals surface area contributed by atoms with Gasteiger partial charge in [0, 0.05) is 17.1 Å². The monoisotopic (exact) mass is 356 g/mol. The van der Waals surface area contributed by atoms with Gasteiger partial charge in [-0.2, -0.15) is 0 Å². The topological polar surface area (TPSA) is 128 Å². The summed E-state index contributed by atoms with van der Waals surface area (Å²) in [4.78, 5) is 14.3. The lowest BCUT2D eigenvalue weighted by atomic mass is 10.0. The highest BCUT2D eigenvalue weighted by Gasteiger charge is 2.18. The molecule has 0 spiro atoms. The first-order valence-corrected chi connectivity index (χ1v) is 8.06. The zero-order valence-corrected chi connectivity index (χ0v) is 14.0. The second kappa shape index (κ2) is 10.0. The molecule has 2 aromatic rings. The van der Waals surface area contributed by atoms with Crippen LogP contribution in [0.25, 0.3) is 10.4 Å².